The van der Waals surface area contributed by atoms with Crippen molar-refractivity contribution in [1.29, 1.82) is 0 Å². The molecule has 1 amide bonds. The van der Waals surface area contributed by atoms with Gasteiger partial charge in [-0.25, -0.2) is 0 Å². The summed E-state index contributed by atoms with van der Waals surface area (Å²) in [5, 5.41) is 3.94. The van der Waals surface area contributed by atoms with Crippen LogP contribution >= 0.6 is 23.2 Å². The van der Waals surface area contributed by atoms with E-state index >= 15 is 0 Å². The van der Waals surface area contributed by atoms with Gasteiger partial charge in [0, 0.05) is 11.4 Å². The van der Waals surface area contributed by atoms with Gasteiger partial charge in [-0.2, -0.15) is 0 Å². The summed E-state index contributed by atoms with van der Waals surface area (Å²) in [5.41, 5.74) is 1.79. The van der Waals surface area contributed by atoms with Crippen LogP contribution in [0.25, 0.3) is 0 Å². The first-order valence-corrected chi connectivity index (χ1v) is 9.52. The molecule has 6 heteroatoms. The molecule has 0 radical (unpaired) electrons. The lowest BCUT2D eigenvalue weighted by atomic mass is 9.87. The van der Waals surface area contributed by atoms with Crippen molar-refractivity contribution in [3.8, 4) is 11.5 Å². The van der Waals surface area contributed by atoms with Crippen LogP contribution in [0, 0.1) is 0 Å². The highest BCUT2D eigenvalue weighted by atomic mass is 35.5. The predicted octanol–water partition coefficient (Wildman–Crippen LogP) is 6.10. The Labute approximate surface area is 170 Å². The number of hydrogen-bond donors (Lipinski definition) is 1. The van der Waals surface area contributed by atoms with Gasteiger partial charge in [-0.1, -0.05) is 50.0 Å². The molecule has 0 bridgehead atoms. The third kappa shape index (κ3) is 6.33. The van der Waals surface area contributed by atoms with E-state index in [2.05, 4.69) is 26.1 Å². The van der Waals surface area contributed by atoms with Crippen molar-refractivity contribution in [2.24, 2.45) is 0 Å². The predicted molar refractivity (Wildman–Crippen MR) is 112 cm³/mol. The van der Waals surface area contributed by atoms with Crippen LogP contribution in [-0.2, 0) is 10.2 Å². The van der Waals surface area contributed by atoms with E-state index in [4.69, 9.17) is 32.7 Å². The Bertz CT molecular complexity index is 800. The Kier molecular flexibility index (Phi) is 7.40. The normalized spacial score (nSPS) is 11.2. The van der Waals surface area contributed by atoms with Crippen LogP contribution in [0.2, 0.25) is 10.0 Å². The van der Waals surface area contributed by atoms with Gasteiger partial charge < -0.3 is 14.8 Å². The van der Waals surface area contributed by atoms with E-state index in [1.807, 2.05) is 18.2 Å². The summed E-state index contributed by atoms with van der Waals surface area (Å²) < 4.78 is 11.0. The molecule has 0 heterocycles. The molecule has 146 valence electrons. The molecule has 0 aromatic heterocycles. The maximum absolute atomic E-state index is 12.3. The zero-order valence-electron chi connectivity index (χ0n) is 16.1. The maximum Gasteiger partial charge on any atom is 0.224 e. The van der Waals surface area contributed by atoms with E-state index in [0.717, 1.165) is 5.56 Å². The van der Waals surface area contributed by atoms with Crippen molar-refractivity contribution in [3.05, 3.63) is 52.0 Å². The first-order chi connectivity index (χ1) is 12.7. The minimum absolute atomic E-state index is 0.0164. The number of carbonyl (C=O) groups is 1. The van der Waals surface area contributed by atoms with Crippen LogP contribution in [-0.4, -0.2) is 19.6 Å². The zero-order valence-corrected chi connectivity index (χ0v) is 17.6. The van der Waals surface area contributed by atoms with Crippen molar-refractivity contribution in [1.82, 2.24) is 0 Å². The number of nitrogens with one attached hydrogen (secondary N) is 1. The number of benzene rings is 2. The molecular formula is C21H25Cl2NO3. The molecule has 0 aliphatic rings. The number of hydrogen-bond acceptors (Lipinski definition) is 3. The average Bonchev–Trinajstić information content (AvgIpc) is 2.59. The van der Waals surface area contributed by atoms with E-state index in [9.17, 15) is 4.79 Å². The van der Waals surface area contributed by atoms with Crippen molar-refractivity contribution in [2.75, 3.05) is 19.0 Å². The van der Waals surface area contributed by atoms with E-state index in [-0.39, 0.29) is 11.3 Å². The molecule has 0 spiro atoms. The minimum Gasteiger partial charge on any atom is -0.495 e. The number of rotatable bonds is 7. The highest BCUT2D eigenvalue weighted by molar-refractivity contribution is 6.35. The van der Waals surface area contributed by atoms with Crippen LogP contribution < -0.4 is 14.8 Å². The van der Waals surface area contributed by atoms with Gasteiger partial charge in [0.25, 0.3) is 0 Å². The molecule has 0 atom stereocenters. The van der Waals surface area contributed by atoms with Crippen LogP contribution in [0.1, 0.15) is 39.2 Å². The van der Waals surface area contributed by atoms with Gasteiger partial charge >= 0.3 is 0 Å². The first kappa shape index (κ1) is 21.4. The summed E-state index contributed by atoms with van der Waals surface area (Å²) in [6, 6.07) is 10.9. The monoisotopic (exact) mass is 409 g/mol. The molecule has 0 aliphatic heterocycles. The quantitative estimate of drug-likeness (QED) is 0.562. The third-order valence-corrected chi connectivity index (χ3v) is 4.57. The van der Waals surface area contributed by atoms with Gasteiger partial charge in [-0.15, -0.1) is 0 Å². The van der Waals surface area contributed by atoms with Gasteiger partial charge in [-0.05, 0) is 47.7 Å². The standard InChI is InChI=1S/C21H25Cl2NO3/c1-21(2,3)14-7-9-19(26-4)17(12-14)24-20(25)6-5-11-27-18-10-8-15(22)13-16(18)23/h7-10,12-13H,5-6,11H2,1-4H3,(H,24,25). The summed E-state index contributed by atoms with van der Waals surface area (Å²) in [7, 11) is 1.59. The second-order valence-corrected chi connectivity index (χ2v) is 8.08. The van der Waals surface area contributed by atoms with Crippen LogP contribution in [0.5, 0.6) is 11.5 Å². The lowest BCUT2D eigenvalue weighted by Gasteiger charge is -2.21. The van der Waals surface area contributed by atoms with Crippen molar-refractivity contribution in [3.63, 3.8) is 0 Å². The number of anilines is 1. The van der Waals surface area contributed by atoms with E-state index in [1.54, 1.807) is 25.3 Å². The van der Waals surface area contributed by atoms with Crippen molar-refractivity contribution in [2.45, 2.75) is 39.0 Å². The lowest BCUT2D eigenvalue weighted by molar-refractivity contribution is -0.116. The van der Waals surface area contributed by atoms with Gasteiger partial charge in [0.05, 0.1) is 24.4 Å². The summed E-state index contributed by atoms with van der Waals surface area (Å²) in [6.07, 6.45) is 0.889. The smallest absolute Gasteiger partial charge is 0.224 e. The molecule has 1 N–H and O–H groups in total. The molecule has 2 rings (SSSR count). The zero-order chi connectivity index (χ0) is 20.0. The van der Waals surface area contributed by atoms with Gasteiger partial charge in [0.1, 0.15) is 11.5 Å². The molecule has 0 saturated heterocycles. The Hall–Kier alpha value is -1.91. The highest BCUT2D eigenvalue weighted by Crippen LogP contribution is 2.31. The van der Waals surface area contributed by atoms with Gasteiger partial charge in [0.15, 0.2) is 0 Å². The number of carbonyl (C=O) groups excluding carboxylic acids is 1. The molecule has 4 nitrogen and oxygen atoms in total. The summed E-state index contributed by atoms with van der Waals surface area (Å²) in [5.74, 6) is 1.10. The fourth-order valence-electron chi connectivity index (χ4n) is 2.49. The highest BCUT2D eigenvalue weighted by Gasteiger charge is 2.17. The van der Waals surface area contributed by atoms with Crippen LogP contribution in [0.15, 0.2) is 36.4 Å². The molecule has 2 aromatic carbocycles. The maximum atomic E-state index is 12.3. The molecule has 27 heavy (non-hydrogen) atoms. The molecule has 2 aromatic rings. The Morgan fingerprint density at radius 3 is 2.41 bits per heavy atom. The summed E-state index contributed by atoms with van der Waals surface area (Å²) in [4.78, 5) is 12.3. The third-order valence-electron chi connectivity index (χ3n) is 4.04. The topological polar surface area (TPSA) is 47.6 Å². The van der Waals surface area contributed by atoms with Gasteiger partial charge in [-0.3, -0.25) is 4.79 Å². The van der Waals surface area contributed by atoms with Gasteiger partial charge in [0.2, 0.25) is 5.91 Å². The second-order valence-electron chi connectivity index (χ2n) is 7.24. The Balaban J connectivity index is 1.90. The second kappa shape index (κ2) is 9.34. The van der Waals surface area contributed by atoms with Crippen molar-refractivity contribution >= 4 is 34.8 Å². The average molecular weight is 410 g/mol. The molecule has 0 saturated carbocycles. The molecule has 0 fully saturated rings. The van der Waals surface area contributed by atoms with Crippen LogP contribution in [0.3, 0.4) is 0 Å². The fourth-order valence-corrected chi connectivity index (χ4v) is 2.96. The Morgan fingerprint density at radius 2 is 1.78 bits per heavy atom. The Morgan fingerprint density at radius 1 is 1.07 bits per heavy atom. The largest absolute Gasteiger partial charge is 0.495 e. The number of halogens is 2. The summed E-state index contributed by atoms with van der Waals surface area (Å²) in [6.45, 7) is 6.76. The lowest BCUT2D eigenvalue weighted by Crippen LogP contribution is -2.16. The minimum atomic E-state index is -0.0924. The number of ether oxygens (including phenoxy) is 2. The SMILES string of the molecule is COc1ccc(C(C)(C)C)cc1NC(=O)CCCOc1ccc(Cl)cc1Cl. The summed E-state index contributed by atoms with van der Waals surface area (Å²) >= 11 is 11.9. The van der Waals surface area contributed by atoms with E-state index in [1.165, 1.54) is 0 Å². The van der Waals surface area contributed by atoms with E-state index < -0.39 is 0 Å². The molecule has 0 aliphatic carbocycles. The first-order valence-electron chi connectivity index (χ1n) is 8.77. The van der Waals surface area contributed by atoms with Crippen molar-refractivity contribution < 1.29 is 14.3 Å². The van der Waals surface area contributed by atoms with Crippen LogP contribution in [0.4, 0.5) is 5.69 Å². The fraction of sp³-hybridized carbons (Fsp3) is 0.381. The number of methoxy groups -OCH3 is 1. The molecule has 0 unspecified atom stereocenters. The molecular weight excluding hydrogens is 385 g/mol. The van der Waals surface area contributed by atoms with E-state index in [0.29, 0.717) is 46.7 Å². The number of amides is 1.